The lowest BCUT2D eigenvalue weighted by Crippen LogP contribution is -2.02. The zero-order valence-corrected chi connectivity index (χ0v) is 9.86. The highest BCUT2D eigenvalue weighted by Gasteiger charge is 2.13. The highest BCUT2D eigenvalue weighted by molar-refractivity contribution is 5.60. The van der Waals surface area contributed by atoms with Crippen LogP contribution in [0.2, 0.25) is 0 Å². The van der Waals surface area contributed by atoms with Crippen molar-refractivity contribution in [3.63, 3.8) is 0 Å². The number of hydrogen-bond donors (Lipinski definition) is 1. The number of benzene rings is 2. The van der Waals surface area contributed by atoms with Crippen molar-refractivity contribution < 1.29 is 4.39 Å². The Morgan fingerprint density at radius 3 is 2.47 bits per heavy atom. The maximum atomic E-state index is 13.8. The number of anilines is 1. The molecule has 0 bridgehead atoms. The fourth-order valence-corrected chi connectivity index (χ4v) is 1.79. The van der Waals surface area contributed by atoms with E-state index >= 15 is 0 Å². The van der Waals surface area contributed by atoms with Gasteiger partial charge in [-0.05, 0) is 46.8 Å². The molecule has 0 spiro atoms. The highest BCUT2D eigenvalue weighted by atomic mass is 19.1. The van der Waals surface area contributed by atoms with E-state index in [2.05, 4.69) is 15.5 Å². The van der Waals surface area contributed by atoms with Gasteiger partial charge in [-0.15, -0.1) is 5.10 Å². The van der Waals surface area contributed by atoms with Crippen LogP contribution in [0.3, 0.4) is 0 Å². The smallest absolute Gasteiger partial charge is 0.187 e. The average molecular weight is 255 g/mol. The van der Waals surface area contributed by atoms with Gasteiger partial charge in [0.05, 0.1) is 0 Å². The average Bonchev–Trinajstić information content (AvgIpc) is 2.89. The third-order valence-corrected chi connectivity index (χ3v) is 2.72. The van der Waals surface area contributed by atoms with Crippen molar-refractivity contribution in [3.8, 4) is 17.1 Å². The lowest BCUT2D eigenvalue weighted by Gasteiger charge is -2.05. The first-order valence-corrected chi connectivity index (χ1v) is 5.65. The Kier molecular flexibility index (Phi) is 2.68. The summed E-state index contributed by atoms with van der Waals surface area (Å²) in [6, 6.07) is 13.4. The number of tetrazole rings is 1. The number of para-hydroxylation sites is 1. The molecule has 3 aromatic rings. The number of nitrogens with zero attached hydrogens (tertiary/aromatic N) is 4. The van der Waals surface area contributed by atoms with Gasteiger partial charge in [-0.3, -0.25) is 0 Å². The molecular weight excluding hydrogens is 245 g/mol. The zero-order chi connectivity index (χ0) is 13.2. The van der Waals surface area contributed by atoms with Crippen LogP contribution in [0, 0.1) is 5.82 Å². The fraction of sp³-hybridized carbons (Fsp3) is 0. The number of nitrogen functional groups attached to an aromatic ring is 1. The molecule has 0 amide bonds. The third kappa shape index (κ3) is 2.03. The fourth-order valence-electron chi connectivity index (χ4n) is 1.79. The molecule has 0 unspecified atom stereocenters. The summed E-state index contributed by atoms with van der Waals surface area (Å²) in [5.41, 5.74) is 7.35. The number of halogens is 1. The molecule has 1 heterocycles. The minimum absolute atomic E-state index is 0.305. The van der Waals surface area contributed by atoms with Gasteiger partial charge in [0, 0.05) is 11.3 Å². The van der Waals surface area contributed by atoms with Gasteiger partial charge in [-0.25, -0.2) is 4.39 Å². The molecule has 0 aliphatic heterocycles. The predicted octanol–water partition coefficient (Wildman–Crippen LogP) is 2.05. The summed E-state index contributed by atoms with van der Waals surface area (Å²) >= 11 is 0. The Bertz CT molecular complexity index is 705. The number of rotatable bonds is 2. The molecule has 19 heavy (non-hydrogen) atoms. The Balaban J connectivity index is 2.13. The van der Waals surface area contributed by atoms with Crippen LogP contribution >= 0.6 is 0 Å². The molecule has 3 rings (SSSR count). The van der Waals surface area contributed by atoms with E-state index in [0.717, 1.165) is 5.56 Å². The minimum atomic E-state index is -0.383. The molecule has 0 saturated carbocycles. The van der Waals surface area contributed by atoms with Crippen LogP contribution in [0.4, 0.5) is 10.1 Å². The second-order valence-electron chi connectivity index (χ2n) is 3.99. The molecule has 0 saturated heterocycles. The molecular formula is C13H10FN5. The molecule has 6 heteroatoms. The largest absolute Gasteiger partial charge is 0.399 e. The van der Waals surface area contributed by atoms with E-state index in [1.54, 1.807) is 42.5 Å². The van der Waals surface area contributed by atoms with Gasteiger partial charge < -0.3 is 5.73 Å². The van der Waals surface area contributed by atoms with Gasteiger partial charge in [-0.1, -0.05) is 12.1 Å². The Morgan fingerprint density at radius 1 is 1.00 bits per heavy atom. The van der Waals surface area contributed by atoms with Crippen molar-refractivity contribution >= 4 is 5.69 Å². The van der Waals surface area contributed by atoms with E-state index in [9.17, 15) is 4.39 Å². The van der Waals surface area contributed by atoms with Crippen LogP contribution in [-0.2, 0) is 0 Å². The lowest BCUT2D eigenvalue weighted by atomic mass is 10.2. The normalized spacial score (nSPS) is 10.6. The lowest BCUT2D eigenvalue weighted by molar-refractivity contribution is 0.608. The highest BCUT2D eigenvalue weighted by Crippen LogP contribution is 2.21. The van der Waals surface area contributed by atoms with Crippen LogP contribution in [-0.4, -0.2) is 20.2 Å². The summed E-state index contributed by atoms with van der Waals surface area (Å²) in [6.07, 6.45) is 0. The number of aromatic nitrogens is 4. The van der Waals surface area contributed by atoms with Crippen LogP contribution < -0.4 is 5.73 Å². The first-order valence-electron chi connectivity index (χ1n) is 5.65. The molecule has 0 aliphatic rings. The van der Waals surface area contributed by atoms with Crippen LogP contribution in [0.15, 0.2) is 48.5 Å². The van der Waals surface area contributed by atoms with Gasteiger partial charge in [-0.2, -0.15) is 4.68 Å². The molecule has 2 N–H and O–H groups in total. The van der Waals surface area contributed by atoms with Gasteiger partial charge in [0.15, 0.2) is 5.82 Å². The van der Waals surface area contributed by atoms with Crippen LogP contribution in [0.25, 0.3) is 17.1 Å². The molecule has 1 aromatic heterocycles. The summed E-state index contributed by atoms with van der Waals surface area (Å²) < 4.78 is 15.1. The first-order chi connectivity index (χ1) is 9.25. The van der Waals surface area contributed by atoms with E-state index < -0.39 is 0 Å². The van der Waals surface area contributed by atoms with Gasteiger partial charge in [0.1, 0.15) is 11.5 Å². The summed E-state index contributed by atoms with van der Waals surface area (Å²) in [5.74, 6) is 0.0802. The minimum Gasteiger partial charge on any atom is -0.399 e. The van der Waals surface area contributed by atoms with E-state index in [4.69, 9.17) is 5.73 Å². The van der Waals surface area contributed by atoms with Crippen molar-refractivity contribution in [1.82, 2.24) is 20.2 Å². The van der Waals surface area contributed by atoms with Crippen molar-refractivity contribution in [3.05, 3.63) is 54.3 Å². The van der Waals surface area contributed by atoms with Gasteiger partial charge >= 0.3 is 0 Å². The maximum Gasteiger partial charge on any atom is 0.187 e. The van der Waals surface area contributed by atoms with E-state index in [1.807, 2.05) is 0 Å². The van der Waals surface area contributed by atoms with E-state index in [1.165, 1.54) is 10.7 Å². The van der Waals surface area contributed by atoms with Crippen LogP contribution in [0.1, 0.15) is 0 Å². The van der Waals surface area contributed by atoms with Crippen molar-refractivity contribution in [2.45, 2.75) is 0 Å². The molecule has 0 atom stereocenters. The first kappa shape index (κ1) is 11.3. The van der Waals surface area contributed by atoms with Crippen molar-refractivity contribution in [1.29, 1.82) is 0 Å². The van der Waals surface area contributed by atoms with Crippen molar-refractivity contribution in [2.24, 2.45) is 0 Å². The molecule has 0 aliphatic carbocycles. The Labute approximate surface area is 108 Å². The molecule has 94 valence electrons. The topological polar surface area (TPSA) is 69.6 Å². The van der Waals surface area contributed by atoms with Crippen LogP contribution in [0.5, 0.6) is 0 Å². The molecule has 0 radical (unpaired) electrons. The monoisotopic (exact) mass is 255 g/mol. The standard InChI is InChI=1S/C13H10FN5/c14-11-3-1-2-4-12(11)19-13(16-17-18-19)9-5-7-10(15)8-6-9/h1-8H,15H2. The summed E-state index contributed by atoms with van der Waals surface area (Å²) in [4.78, 5) is 0. The summed E-state index contributed by atoms with van der Waals surface area (Å²) in [5, 5.41) is 11.4. The van der Waals surface area contributed by atoms with Gasteiger partial charge in [0.2, 0.25) is 0 Å². The second kappa shape index (κ2) is 4.49. The SMILES string of the molecule is Nc1ccc(-c2nnnn2-c2ccccc2F)cc1. The van der Waals surface area contributed by atoms with E-state index in [-0.39, 0.29) is 5.82 Å². The second-order valence-corrected chi connectivity index (χ2v) is 3.99. The molecule has 0 fully saturated rings. The third-order valence-electron chi connectivity index (χ3n) is 2.72. The number of nitrogens with two attached hydrogens (primary N) is 1. The Morgan fingerprint density at radius 2 is 1.74 bits per heavy atom. The predicted molar refractivity (Wildman–Crippen MR) is 69.0 cm³/mol. The Hall–Kier alpha value is -2.76. The summed E-state index contributed by atoms with van der Waals surface area (Å²) in [6.45, 7) is 0. The molecule has 5 nitrogen and oxygen atoms in total. The maximum absolute atomic E-state index is 13.8. The van der Waals surface area contributed by atoms with Gasteiger partial charge in [0.25, 0.3) is 0 Å². The van der Waals surface area contributed by atoms with Crippen molar-refractivity contribution in [2.75, 3.05) is 5.73 Å². The molecule has 2 aromatic carbocycles. The number of hydrogen-bond acceptors (Lipinski definition) is 4. The summed E-state index contributed by atoms with van der Waals surface area (Å²) in [7, 11) is 0. The van der Waals surface area contributed by atoms with E-state index in [0.29, 0.717) is 17.2 Å². The quantitative estimate of drug-likeness (QED) is 0.711. The zero-order valence-electron chi connectivity index (χ0n) is 9.86.